The number of hydrogen-bond acceptors (Lipinski definition) is 4. The van der Waals surface area contributed by atoms with Gasteiger partial charge in [-0.05, 0) is 48.6 Å². The summed E-state index contributed by atoms with van der Waals surface area (Å²) in [7, 11) is 1.42. The lowest BCUT2D eigenvalue weighted by atomic mass is 9.94. The second-order valence-corrected chi connectivity index (χ2v) is 7.50. The molecule has 0 amide bonds. The summed E-state index contributed by atoms with van der Waals surface area (Å²) in [6.07, 6.45) is 5.57. The van der Waals surface area contributed by atoms with E-state index in [2.05, 4.69) is 10.3 Å². The zero-order valence-electron chi connectivity index (χ0n) is 16.3. The molecule has 2 unspecified atom stereocenters. The molecule has 0 aliphatic heterocycles. The molecule has 0 bridgehead atoms. The molecule has 1 heterocycles. The number of nitrogens with one attached hydrogen (secondary N) is 1. The highest BCUT2D eigenvalue weighted by atomic mass is 35.5. The Morgan fingerprint density at radius 3 is 2.71 bits per heavy atom. The number of aromatic nitrogens is 2. The standard InChI is InChI=1S/C21H23ClFN3O2/c1-12-5-15(9-16(23)6-12)10-26-11-19(28-4)20(27)25-21(26)24-18-8-13(2)17(22)7-14(18)3/h5-9,11,14,18H,10H2,1-4H3,(H,24,25,27). The summed E-state index contributed by atoms with van der Waals surface area (Å²) >= 11 is 6.21. The molecule has 1 N–H and O–H groups in total. The quantitative estimate of drug-likeness (QED) is 0.811. The molecular weight excluding hydrogens is 381 g/mol. The van der Waals surface area contributed by atoms with Crippen molar-refractivity contribution in [1.29, 1.82) is 0 Å². The van der Waals surface area contributed by atoms with Crippen LogP contribution in [0.25, 0.3) is 0 Å². The molecule has 0 fully saturated rings. The van der Waals surface area contributed by atoms with Crippen molar-refractivity contribution in [2.75, 3.05) is 12.4 Å². The van der Waals surface area contributed by atoms with Gasteiger partial charge < -0.3 is 14.6 Å². The summed E-state index contributed by atoms with van der Waals surface area (Å²) in [5, 5.41) is 4.04. The predicted molar refractivity (Wildman–Crippen MR) is 110 cm³/mol. The highest BCUT2D eigenvalue weighted by Gasteiger charge is 2.21. The Hall–Kier alpha value is -2.60. The van der Waals surface area contributed by atoms with Crippen molar-refractivity contribution in [3.63, 3.8) is 0 Å². The maximum atomic E-state index is 13.8. The molecule has 1 aromatic heterocycles. The van der Waals surface area contributed by atoms with Gasteiger partial charge in [0.1, 0.15) is 5.82 Å². The van der Waals surface area contributed by atoms with Crippen LogP contribution in [0.1, 0.15) is 25.0 Å². The number of nitrogens with zero attached hydrogens (tertiary/aromatic N) is 2. The topological polar surface area (TPSA) is 56.1 Å². The lowest BCUT2D eigenvalue weighted by Gasteiger charge is -2.26. The van der Waals surface area contributed by atoms with E-state index in [4.69, 9.17) is 16.3 Å². The Labute approximate surface area is 168 Å². The molecule has 1 aliphatic carbocycles. The summed E-state index contributed by atoms with van der Waals surface area (Å²) < 4.78 is 20.7. The van der Waals surface area contributed by atoms with E-state index in [9.17, 15) is 9.18 Å². The second kappa shape index (κ2) is 8.19. The molecule has 2 aromatic rings. The lowest BCUT2D eigenvalue weighted by molar-refractivity contribution is 0.402. The first-order chi connectivity index (χ1) is 13.3. The minimum absolute atomic E-state index is 0.0803. The Morgan fingerprint density at radius 1 is 1.29 bits per heavy atom. The van der Waals surface area contributed by atoms with Crippen LogP contribution in [0.3, 0.4) is 0 Å². The molecule has 0 saturated carbocycles. The van der Waals surface area contributed by atoms with Crippen LogP contribution in [0.2, 0.25) is 0 Å². The third-order valence-electron chi connectivity index (χ3n) is 4.72. The fourth-order valence-corrected chi connectivity index (χ4v) is 3.50. The van der Waals surface area contributed by atoms with Gasteiger partial charge in [0.05, 0.1) is 25.9 Å². The van der Waals surface area contributed by atoms with Crippen LogP contribution in [0.5, 0.6) is 5.75 Å². The number of hydrogen-bond donors (Lipinski definition) is 1. The van der Waals surface area contributed by atoms with Gasteiger partial charge in [-0.1, -0.05) is 36.7 Å². The molecule has 0 saturated heterocycles. The number of halogens is 2. The second-order valence-electron chi connectivity index (χ2n) is 7.10. The molecular formula is C21H23ClFN3O2. The van der Waals surface area contributed by atoms with Gasteiger partial charge in [-0.15, -0.1) is 0 Å². The molecule has 5 nitrogen and oxygen atoms in total. The average Bonchev–Trinajstić information content (AvgIpc) is 2.61. The third kappa shape index (κ3) is 4.44. The van der Waals surface area contributed by atoms with Crippen molar-refractivity contribution in [2.24, 2.45) is 5.92 Å². The number of anilines is 1. The van der Waals surface area contributed by atoms with E-state index in [0.29, 0.717) is 12.5 Å². The molecule has 1 aromatic carbocycles. The smallest absolute Gasteiger partial charge is 0.316 e. The maximum absolute atomic E-state index is 13.8. The fraction of sp³-hybridized carbons (Fsp3) is 0.333. The lowest BCUT2D eigenvalue weighted by Crippen LogP contribution is -2.31. The van der Waals surface area contributed by atoms with Gasteiger partial charge in [-0.25, -0.2) is 4.39 Å². The SMILES string of the molecule is COc1cn(Cc2cc(C)cc(F)c2)c(NC2C=C(C)C(Cl)=CC2C)nc1=O. The molecule has 0 spiro atoms. The van der Waals surface area contributed by atoms with Gasteiger partial charge >= 0.3 is 5.56 Å². The van der Waals surface area contributed by atoms with Gasteiger partial charge in [-0.3, -0.25) is 4.79 Å². The van der Waals surface area contributed by atoms with Gasteiger partial charge in [0.25, 0.3) is 0 Å². The minimum Gasteiger partial charge on any atom is -0.490 e. The zero-order chi connectivity index (χ0) is 20.4. The van der Waals surface area contributed by atoms with Gasteiger partial charge in [0.15, 0.2) is 0 Å². The summed E-state index contributed by atoms with van der Waals surface area (Å²) in [4.78, 5) is 16.4. The molecule has 3 rings (SSSR count). The normalized spacial score (nSPS) is 19.1. The predicted octanol–water partition coefficient (Wildman–Crippen LogP) is 4.25. The van der Waals surface area contributed by atoms with E-state index in [1.807, 2.05) is 39.0 Å². The molecule has 148 valence electrons. The third-order valence-corrected chi connectivity index (χ3v) is 5.14. The van der Waals surface area contributed by atoms with Crippen molar-refractivity contribution in [1.82, 2.24) is 9.55 Å². The van der Waals surface area contributed by atoms with Crippen LogP contribution in [0.4, 0.5) is 10.3 Å². The summed E-state index contributed by atoms with van der Waals surface area (Å²) in [6, 6.07) is 4.76. The first-order valence-electron chi connectivity index (χ1n) is 9.01. The number of allylic oxidation sites excluding steroid dienone is 2. The first kappa shape index (κ1) is 20.1. The van der Waals surface area contributed by atoms with Crippen molar-refractivity contribution in [3.05, 3.63) is 74.5 Å². The summed E-state index contributed by atoms with van der Waals surface area (Å²) in [6.45, 7) is 6.14. The number of aryl methyl sites for hydroxylation is 1. The highest BCUT2D eigenvalue weighted by molar-refractivity contribution is 6.32. The van der Waals surface area contributed by atoms with Crippen LogP contribution < -0.4 is 15.6 Å². The van der Waals surface area contributed by atoms with Crippen LogP contribution in [-0.4, -0.2) is 22.7 Å². The Balaban J connectivity index is 1.98. The molecule has 0 radical (unpaired) electrons. The Bertz CT molecular complexity index is 993. The van der Waals surface area contributed by atoms with E-state index in [-0.39, 0.29) is 23.5 Å². The molecule has 28 heavy (non-hydrogen) atoms. The average molecular weight is 404 g/mol. The number of benzene rings is 1. The molecule has 7 heteroatoms. The van der Waals surface area contributed by atoms with Crippen molar-refractivity contribution < 1.29 is 9.13 Å². The highest BCUT2D eigenvalue weighted by Crippen LogP contribution is 2.27. The van der Waals surface area contributed by atoms with Crippen LogP contribution in [0, 0.1) is 18.7 Å². The zero-order valence-corrected chi connectivity index (χ0v) is 17.0. The van der Waals surface area contributed by atoms with E-state index < -0.39 is 5.56 Å². The van der Waals surface area contributed by atoms with Crippen molar-refractivity contribution >= 4 is 17.5 Å². The van der Waals surface area contributed by atoms with Gasteiger partial charge in [0.2, 0.25) is 11.7 Å². The van der Waals surface area contributed by atoms with E-state index >= 15 is 0 Å². The minimum atomic E-state index is -0.464. The van der Waals surface area contributed by atoms with Crippen molar-refractivity contribution in [3.8, 4) is 5.75 Å². The van der Waals surface area contributed by atoms with Gasteiger partial charge in [-0.2, -0.15) is 4.98 Å². The Kier molecular flexibility index (Phi) is 5.89. The van der Waals surface area contributed by atoms with Crippen LogP contribution in [-0.2, 0) is 6.54 Å². The maximum Gasteiger partial charge on any atom is 0.316 e. The largest absolute Gasteiger partial charge is 0.490 e. The monoisotopic (exact) mass is 403 g/mol. The van der Waals surface area contributed by atoms with Gasteiger partial charge in [0, 0.05) is 5.03 Å². The summed E-state index contributed by atoms with van der Waals surface area (Å²) in [5.74, 6) is 0.329. The molecule has 2 atom stereocenters. The van der Waals surface area contributed by atoms with E-state index in [0.717, 1.165) is 21.7 Å². The van der Waals surface area contributed by atoms with Crippen LogP contribution in [0.15, 0.2) is 51.9 Å². The molecule has 1 aliphatic rings. The van der Waals surface area contributed by atoms with E-state index in [1.165, 1.54) is 19.2 Å². The number of methoxy groups -OCH3 is 1. The van der Waals surface area contributed by atoms with Crippen molar-refractivity contribution in [2.45, 2.75) is 33.4 Å². The van der Waals surface area contributed by atoms with Crippen LogP contribution >= 0.6 is 11.6 Å². The van der Waals surface area contributed by atoms with E-state index in [1.54, 1.807) is 10.8 Å². The first-order valence-corrected chi connectivity index (χ1v) is 9.39. The summed E-state index contributed by atoms with van der Waals surface area (Å²) in [5.41, 5.74) is 2.08. The Morgan fingerprint density at radius 2 is 2.04 bits per heavy atom. The number of ether oxygens (including phenoxy) is 1. The fourth-order valence-electron chi connectivity index (χ4n) is 3.24. The number of rotatable bonds is 5.